The molecule has 0 saturated carbocycles. The van der Waals surface area contributed by atoms with E-state index in [9.17, 15) is 18.5 Å². The summed E-state index contributed by atoms with van der Waals surface area (Å²) in [5, 5.41) is 17.3. The number of carbonyl (C=O) groups is 1. The quantitative estimate of drug-likeness (QED) is 0.262. The van der Waals surface area contributed by atoms with Crippen LogP contribution in [-0.4, -0.2) is 41.5 Å². The predicted molar refractivity (Wildman–Crippen MR) is 149 cm³/mol. The number of hydrogen-bond acceptors (Lipinski definition) is 5. The number of nitrogens with one attached hydrogen (secondary N) is 1. The molecule has 0 bridgehead atoms. The summed E-state index contributed by atoms with van der Waals surface area (Å²) >= 11 is 0. The van der Waals surface area contributed by atoms with E-state index in [4.69, 9.17) is 5.10 Å². The van der Waals surface area contributed by atoms with Crippen LogP contribution in [0.1, 0.15) is 24.0 Å². The molecule has 1 fully saturated rings. The van der Waals surface area contributed by atoms with Crippen LogP contribution in [-0.2, 0) is 21.4 Å². The molecule has 8 nitrogen and oxygen atoms in total. The van der Waals surface area contributed by atoms with Gasteiger partial charge in [-0.05, 0) is 48.7 Å². The van der Waals surface area contributed by atoms with Crippen molar-refractivity contribution in [2.75, 3.05) is 13.1 Å². The van der Waals surface area contributed by atoms with Gasteiger partial charge in [-0.1, -0.05) is 60.7 Å². The molecule has 39 heavy (non-hydrogen) atoms. The molecule has 4 aromatic rings. The van der Waals surface area contributed by atoms with Crippen LogP contribution in [0.3, 0.4) is 0 Å². The van der Waals surface area contributed by atoms with Gasteiger partial charge in [0.25, 0.3) is 5.91 Å². The van der Waals surface area contributed by atoms with Crippen LogP contribution in [0.25, 0.3) is 23.0 Å². The number of amides is 1. The Bertz CT molecular complexity index is 1650. The monoisotopic (exact) mass is 537 g/mol. The summed E-state index contributed by atoms with van der Waals surface area (Å²) in [5.74, 6) is -0.509. The summed E-state index contributed by atoms with van der Waals surface area (Å²) in [6.07, 6.45) is 4.91. The average molecular weight is 538 g/mol. The molecule has 1 amide bonds. The van der Waals surface area contributed by atoms with Gasteiger partial charge in [0, 0.05) is 37.0 Å². The summed E-state index contributed by atoms with van der Waals surface area (Å²) < 4.78 is 29.6. The normalized spacial score (nSPS) is 14.2. The molecule has 9 heteroatoms. The van der Waals surface area contributed by atoms with Crippen molar-refractivity contribution in [1.82, 2.24) is 19.4 Å². The maximum atomic E-state index is 13.2. The van der Waals surface area contributed by atoms with Gasteiger partial charge in [0.1, 0.15) is 17.3 Å². The molecular weight excluding hydrogens is 510 g/mol. The van der Waals surface area contributed by atoms with Gasteiger partial charge >= 0.3 is 0 Å². The zero-order valence-electron chi connectivity index (χ0n) is 21.2. The second-order valence-electron chi connectivity index (χ2n) is 9.19. The lowest BCUT2D eigenvalue weighted by atomic mass is 10.1. The van der Waals surface area contributed by atoms with Crippen molar-refractivity contribution in [3.63, 3.8) is 0 Å². The number of aromatic nitrogens is 2. The van der Waals surface area contributed by atoms with Crippen molar-refractivity contribution in [2.45, 2.75) is 24.3 Å². The maximum Gasteiger partial charge on any atom is 0.262 e. The summed E-state index contributed by atoms with van der Waals surface area (Å²) in [6.45, 7) is 1.30. The molecule has 0 spiro atoms. The lowest BCUT2D eigenvalue weighted by Gasteiger charge is -2.16. The summed E-state index contributed by atoms with van der Waals surface area (Å²) in [4.78, 5) is 13.1. The number of rotatable bonds is 8. The van der Waals surface area contributed by atoms with E-state index < -0.39 is 15.9 Å². The third kappa shape index (κ3) is 5.82. The molecule has 0 radical (unpaired) electrons. The first kappa shape index (κ1) is 26.1. The van der Waals surface area contributed by atoms with E-state index in [1.165, 1.54) is 10.4 Å². The Kier molecular flexibility index (Phi) is 7.68. The second kappa shape index (κ2) is 11.5. The lowest BCUT2D eigenvalue weighted by Crippen LogP contribution is -2.27. The fourth-order valence-corrected chi connectivity index (χ4v) is 6.05. The first-order valence-electron chi connectivity index (χ1n) is 12.7. The largest absolute Gasteiger partial charge is 0.347 e. The number of nitriles is 1. The van der Waals surface area contributed by atoms with E-state index in [0.29, 0.717) is 29.9 Å². The maximum absolute atomic E-state index is 13.2. The molecule has 1 N–H and O–H groups in total. The van der Waals surface area contributed by atoms with Crippen molar-refractivity contribution in [3.05, 3.63) is 108 Å². The van der Waals surface area contributed by atoms with Gasteiger partial charge in [-0.2, -0.15) is 14.7 Å². The Morgan fingerprint density at radius 3 is 2.36 bits per heavy atom. The van der Waals surface area contributed by atoms with Gasteiger partial charge < -0.3 is 5.32 Å². The van der Waals surface area contributed by atoms with Gasteiger partial charge in [-0.3, -0.25) is 4.79 Å². The first-order valence-corrected chi connectivity index (χ1v) is 14.1. The Morgan fingerprint density at radius 1 is 0.974 bits per heavy atom. The summed E-state index contributed by atoms with van der Waals surface area (Å²) in [6, 6.07) is 27.5. The second-order valence-corrected chi connectivity index (χ2v) is 11.1. The van der Waals surface area contributed by atoms with Crippen LogP contribution in [0, 0.1) is 11.3 Å². The van der Waals surface area contributed by atoms with Crippen molar-refractivity contribution >= 4 is 22.0 Å². The van der Waals surface area contributed by atoms with Crippen molar-refractivity contribution < 1.29 is 13.2 Å². The number of sulfonamides is 1. The predicted octanol–water partition coefficient (Wildman–Crippen LogP) is 4.55. The van der Waals surface area contributed by atoms with Crippen LogP contribution in [0.5, 0.6) is 0 Å². The smallest absolute Gasteiger partial charge is 0.262 e. The molecule has 0 atom stereocenters. The molecule has 1 saturated heterocycles. The topological polar surface area (TPSA) is 108 Å². The highest BCUT2D eigenvalue weighted by Crippen LogP contribution is 2.29. The van der Waals surface area contributed by atoms with Crippen LogP contribution in [0.2, 0.25) is 0 Å². The summed E-state index contributed by atoms with van der Waals surface area (Å²) in [7, 11) is -3.64. The van der Waals surface area contributed by atoms with Crippen LogP contribution >= 0.6 is 0 Å². The fraction of sp³-hybridized carbons (Fsp3) is 0.167. The van der Waals surface area contributed by atoms with E-state index >= 15 is 0 Å². The van der Waals surface area contributed by atoms with Gasteiger partial charge in [-0.15, -0.1) is 0 Å². The molecule has 1 aliphatic heterocycles. The zero-order valence-corrected chi connectivity index (χ0v) is 22.0. The Hall–Kier alpha value is -4.52. The van der Waals surface area contributed by atoms with E-state index in [1.54, 1.807) is 35.1 Å². The number of hydrogen-bond donors (Lipinski definition) is 1. The number of nitrogens with zero attached hydrogens (tertiary/aromatic N) is 4. The third-order valence-electron chi connectivity index (χ3n) is 6.53. The lowest BCUT2D eigenvalue weighted by molar-refractivity contribution is -0.117. The standard InChI is InChI=1S/C30H27N5O3S/c31-20-25(30(36)32-21-23-10-3-1-4-11-23)18-26-22-35(27-13-5-2-6-14-27)33-29(26)24-12-9-15-28(19-24)39(37,38)34-16-7-8-17-34/h1-6,9-15,18-19,22H,7-8,16-17,21H2,(H,32,36). The molecular formula is C30H27N5O3S. The van der Waals surface area contributed by atoms with Crippen molar-refractivity contribution in [2.24, 2.45) is 0 Å². The SMILES string of the molecule is N#CC(=Cc1cn(-c2ccccc2)nc1-c1cccc(S(=O)(=O)N2CCCC2)c1)C(=O)NCc1ccccc1. The minimum absolute atomic E-state index is 0.0827. The highest BCUT2D eigenvalue weighted by atomic mass is 32.2. The average Bonchev–Trinajstić information content (AvgIpc) is 3.67. The Balaban J connectivity index is 1.53. The molecule has 196 valence electrons. The van der Waals surface area contributed by atoms with Gasteiger partial charge in [0.2, 0.25) is 10.0 Å². The molecule has 0 unspecified atom stereocenters. The molecule has 1 aromatic heterocycles. The first-order chi connectivity index (χ1) is 19.0. The molecule has 1 aliphatic rings. The van der Waals surface area contributed by atoms with Crippen LogP contribution < -0.4 is 5.32 Å². The van der Waals surface area contributed by atoms with Gasteiger partial charge in [-0.25, -0.2) is 13.1 Å². The number of benzene rings is 3. The third-order valence-corrected chi connectivity index (χ3v) is 8.43. The van der Waals surface area contributed by atoms with Crippen molar-refractivity contribution in [1.29, 1.82) is 5.26 Å². The zero-order chi connectivity index (χ0) is 27.2. The highest BCUT2D eigenvalue weighted by Gasteiger charge is 2.27. The molecule has 5 rings (SSSR count). The Morgan fingerprint density at radius 2 is 1.67 bits per heavy atom. The summed E-state index contributed by atoms with van der Waals surface area (Å²) in [5.41, 5.74) is 3.16. The van der Waals surface area contributed by atoms with Crippen LogP contribution in [0.4, 0.5) is 0 Å². The van der Waals surface area contributed by atoms with E-state index in [1.807, 2.05) is 66.7 Å². The van der Waals surface area contributed by atoms with E-state index in [2.05, 4.69) is 5.32 Å². The fourth-order valence-electron chi connectivity index (χ4n) is 4.49. The van der Waals surface area contributed by atoms with Gasteiger partial charge in [0.15, 0.2) is 0 Å². The van der Waals surface area contributed by atoms with E-state index in [0.717, 1.165) is 24.1 Å². The van der Waals surface area contributed by atoms with Crippen LogP contribution in [0.15, 0.2) is 102 Å². The number of para-hydroxylation sites is 1. The minimum atomic E-state index is -3.64. The van der Waals surface area contributed by atoms with Gasteiger partial charge in [0.05, 0.1) is 10.6 Å². The highest BCUT2D eigenvalue weighted by molar-refractivity contribution is 7.89. The molecule has 2 heterocycles. The molecule has 0 aliphatic carbocycles. The Labute approximate surface area is 227 Å². The minimum Gasteiger partial charge on any atom is -0.347 e. The number of carbonyl (C=O) groups excluding carboxylic acids is 1. The van der Waals surface area contributed by atoms with E-state index in [-0.39, 0.29) is 17.0 Å². The van der Waals surface area contributed by atoms with Crippen molar-refractivity contribution in [3.8, 4) is 23.0 Å². The molecule has 3 aromatic carbocycles.